The van der Waals surface area contributed by atoms with Crippen LogP contribution in [0.5, 0.6) is 0 Å². The van der Waals surface area contributed by atoms with E-state index in [4.69, 9.17) is 0 Å². The number of sulfonamides is 1. The molecule has 1 saturated heterocycles. The number of nitrogens with zero attached hydrogens (tertiary/aromatic N) is 1. The second kappa shape index (κ2) is 6.85. The van der Waals surface area contributed by atoms with Crippen LogP contribution in [0.25, 0.3) is 0 Å². The van der Waals surface area contributed by atoms with Gasteiger partial charge in [0, 0.05) is 24.0 Å². The minimum atomic E-state index is -3.44. The zero-order valence-corrected chi connectivity index (χ0v) is 14.9. The Hall–Kier alpha value is 0.01000. The molecule has 0 bridgehead atoms. The number of hydrogen-bond acceptors (Lipinski definition) is 5. The lowest BCUT2D eigenvalue weighted by molar-refractivity contribution is 0.407. The van der Waals surface area contributed by atoms with Crippen molar-refractivity contribution in [2.45, 2.75) is 30.8 Å². The molecule has 0 saturated carbocycles. The van der Waals surface area contributed by atoms with Gasteiger partial charge in [-0.3, -0.25) is 0 Å². The molecule has 1 fully saturated rings. The summed E-state index contributed by atoms with van der Waals surface area (Å²) in [5.41, 5.74) is 0. The van der Waals surface area contributed by atoms with Crippen molar-refractivity contribution in [3.8, 4) is 0 Å². The van der Waals surface area contributed by atoms with E-state index in [-0.39, 0.29) is 6.04 Å². The Morgan fingerprint density at radius 3 is 2.90 bits per heavy atom. The van der Waals surface area contributed by atoms with E-state index in [1.807, 2.05) is 14.0 Å². The molecule has 1 aromatic rings. The summed E-state index contributed by atoms with van der Waals surface area (Å²) in [6.07, 6.45) is 0.863. The first-order valence-electron chi connectivity index (χ1n) is 6.62. The molecule has 5 nitrogen and oxygen atoms in total. The molecule has 0 aromatic carbocycles. The average molecular weight is 382 g/mol. The van der Waals surface area contributed by atoms with E-state index in [0.717, 1.165) is 30.9 Å². The standard InChI is InChI=1S/C12H20BrN3O2S2/c1-3-14-7-10-6-11(12(13)19-10)20(17,18)15-9-4-5-16(2)8-9/h6,9,14-15H,3-5,7-8H2,1-2H3. The molecular formula is C12H20BrN3O2S2. The van der Waals surface area contributed by atoms with Crippen LogP contribution in [0.3, 0.4) is 0 Å². The molecule has 2 rings (SSSR count). The van der Waals surface area contributed by atoms with Gasteiger partial charge in [0.25, 0.3) is 0 Å². The Kier molecular flexibility index (Phi) is 5.61. The van der Waals surface area contributed by atoms with Gasteiger partial charge >= 0.3 is 0 Å². The van der Waals surface area contributed by atoms with Crippen LogP contribution < -0.4 is 10.0 Å². The van der Waals surface area contributed by atoms with Gasteiger partial charge in [-0.05, 0) is 48.6 Å². The first kappa shape index (κ1) is 16.4. The molecule has 0 aliphatic carbocycles. The van der Waals surface area contributed by atoms with Gasteiger partial charge in [0.2, 0.25) is 10.0 Å². The molecule has 1 atom stereocenters. The molecule has 1 aromatic heterocycles. The summed E-state index contributed by atoms with van der Waals surface area (Å²) in [6, 6.07) is 1.76. The SMILES string of the molecule is CCNCc1cc(S(=O)(=O)NC2CCN(C)C2)c(Br)s1. The number of rotatable bonds is 6. The first-order valence-corrected chi connectivity index (χ1v) is 9.71. The summed E-state index contributed by atoms with van der Waals surface area (Å²) in [5, 5.41) is 3.20. The molecule has 1 aliphatic rings. The van der Waals surface area contributed by atoms with Crippen molar-refractivity contribution >= 4 is 37.3 Å². The lowest BCUT2D eigenvalue weighted by Crippen LogP contribution is -2.36. The maximum absolute atomic E-state index is 12.4. The monoisotopic (exact) mass is 381 g/mol. The fourth-order valence-electron chi connectivity index (χ4n) is 2.23. The fourth-order valence-corrected chi connectivity index (χ4v) is 6.14. The Morgan fingerprint density at radius 2 is 2.30 bits per heavy atom. The van der Waals surface area contributed by atoms with E-state index in [0.29, 0.717) is 15.2 Å². The summed E-state index contributed by atoms with van der Waals surface area (Å²) in [5.74, 6) is 0. The highest BCUT2D eigenvalue weighted by Crippen LogP contribution is 2.32. The Balaban J connectivity index is 2.10. The van der Waals surface area contributed by atoms with Crippen molar-refractivity contribution in [1.82, 2.24) is 14.9 Å². The normalized spacial score (nSPS) is 20.6. The molecule has 2 N–H and O–H groups in total. The molecule has 0 amide bonds. The number of nitrogens with one attached hydrogen (secondary N) is 2. The summed E-state index contributed by atoms with van der Waals surface area (Å²) in [4.78, 5) is 3.50. The molecule has 2 heterocycles. The highest BCUT2D eigenvalue weighted by Gasteiger charge is 2.27. The van der Waals surface area contributed by atoms with Crippen LogP contribution in [0.2, 0.25) is 0 Å². The predicted octanol–water partition coefficient (Wildman–Crippen LogP) is 1.60. The molecule has 0 radical (unpaired) electrons. The first-order chi connectivity index (χ1) is 9.42. The van der Waals surface area contributed by atoms with Gasteiger partial charge < -0.3 is 10.2 Å². The van der Waals surface area contributed by atoms with E-state index >= 15 is 0 Å². The predicted molar refractivity (Wildman–Crippen MR) is 85.6 cm³/mol. The summed E-state index contributed by atoms with van der Waals surface area (Å²) < 4.78 is 28.3. The number of thiophene rings is 1. The molecule has 0 spiro atoms. The second-order valence-electron chi connectivity index (χ2n) is 5.00. The summed E-state index contributed by atoms with van der Waals surface area (Å²) in [6.45, 7) is 5.29. The highest BCUT2D eigenvalue weighted by atomic mass is 79.9. The quantitative estimate of drug-likeness (QED) is 0.785. The minimum absolute atomic E-state index is 0.00835. The summed E-state index contributed by atoms with van der Waals surface area (Å²) >= 11 is 4.83. The maximum Gasteiger partial charge on any atom is 0.242 e. The minimum Gasteiger partial charge on any atom is -0.312 e. The number of hydrogen-bond donors (Lipinski definition) is 2. The van der Waals surface area contributed by atoms with Gasteiger partial charge in [-0.15, -0.1) is 11.3 Å². The van der Waals surface area contributed by atoms with Crippen molar-refractivity contribution in [2.75, 3.05) is 26.7 Å². The Bertz CT molecular complexity index is 559. The van der Waals surface area contributed by atoms with Crippen LogP contribution in [0.4, 0.5) is 0 Å². The number of likely N-dealkylation sites (N-methyl/N-ethyl adjacent to an activating group) is 1. The van der Waals surface area contributed by atoms with E-state index in [2.05, 4.69) is 30.9 Å². The van der Waals surface area contributed by atoms with Crippen LogP contribution in [-0.4, -0.2) is 46.0 Å². The smallest absolute Gasteiger partial charge is 0.242 e. The van der Waals surface area contributed by atoms with Crippen LogP contribution in [0.15, 0.2) is 14.7 Å². The van der Waals surface area contributed by atoms with E-state index in [1.165, 1.54) is 11.3 Å². The van der Waals surface area contributed by atoms with Gasteiger partial charge in [0.1, 0.15) is 4.90 Å². The molecular weight excluding hydrogens is 362 g/mol. The van der Waals surface area contributed by atoms with Crippen molar-refractivity contribution in [1.29, 1.82) is 0 Å². The Morgan fingerprint density at radius 1 is 1.55 bits per heavy atom. The summed E-state index contributed by atoms with van der Waals surface area (Å²) in [7, 11) is -1.44. The third kappa shape index (κ3) is 4.02. The van der Waals surface area contributed by atoms with E-state index in [9.17, 15) is 8.42 Å². The lowest BCUT2D eigenvalue weighted by atomic mass is 10.3. The van der Waals surface area contributed by atoms with Gasteiger partial charge in [0.15, 0.2) is 0 Å². The largest absolute Gasteiger partial charge is 0.312 e. The molecule has 8 heteroatoms. The van der Waals surface area contributed by atoms with Crippen LogP contribution in [0, 0.1) is 0 Å². The molecule has 20 heavy (non-hydrogen) atoms. The molecule has 1 unspecified atom stereocenters. The van der Waals surface area contributed by atoms with Crippen molar-refractivity contribution in [3.05, 3.63) is 14.7 Å². The third-order valence-electron chi connectivity index (χ3n) is 3.26. The van der Waals surface area contributed by atoms with Gasteiger partial charge in [-0.1, -0.05) is 6.92 Å². The topological polar surface area (TPSA) is 61.4 Å². The van der Waals surface area contributed by atoms with Gasteiger partial charge in [-0.25, -0.2) is 13.1 Å². The van der Waals surface area contributed by atoms with Crippen molar-refractivity contribution in [3.63, 3.8) is 0 Å². The Labute approximate surface area is 132 Å². The maximum atomic E-state index is 12.4. The van der Waals surface area contributed by atoms with Crippen LogP contribution in [-0.2, 0) is 16.6 Å². The third-order valence-corrected chi connectivity index (χ3v) is 7.03. The number of likely N-dealkylation sites (tertiary alicyclic amines) is 1. The zero-order valence-electron chi connectivity index (χ0n) is 11.6. The number of halogens is 1. The van der Waals surface area contributed by atoms with Gasteiger partial charge in [-0.2, -0.15) is 0 Å². The van der Waals surface area contributed by atoms with E-state index in [1.54, 1.807) is 6.07 Å². The van der Waals surface area contributed by atoms with Crippen LogP contribution in [0.1, 0.15) is 18.2 Å². The van der Waals surface area contributed by atoms with Crippen molar-refractivity contribution < 1.29 is 8.42 Å². The zero-order chi connectivity index (χ0) is 14.8. The molecule has 114 valence electrons. The average Bonchev–Trinajstić information content (AvgIpc) is 2.93. The van der Waals surface area contributed by atoms with Gasteiger partial charge in [0.05, 0.1) is 3.79 Å². The fraction of sp³-hybridized carbons (Fsp3) is 0.667. The van der Waals surface area contributed by atoms with Crippen molar-refractivity contribution in [2.24, 2.45) is 0 Å². The second-order valence-corrected chi connectivity index (χ2v) is 9.14. The van der Waals surface area contributed by atoms with E-state index < -0.39 is 10.0 Å². The molecule has 1 aliphatic heterocycles. The lowest BCUT2D eigenvalue weighted by Gasteiger charge is -2.12. The highest BCUT2D eigenvalue weighted by molar-refractivity contribution is 9.11. The van der Waals surface area contributed by atoms with Crippen LogP contribution >= 0.6 is 27.3 Å².